The number of piperidine rings is 1. The van der Waals surface area contributed by atoms with E-state index in [1.54, 1.807) is 13.3 Å². The minimum Gasteiger partial charge on any atom is -0.480 e. The van der Waals surface area contributed by atoms with Crippen LogP contribution < -0.4 is 9.64 Å². The minimum absolute atomic E-state index is 0.302. The van der Waals surface area contributed by atoms with Gasteiger partial charge in [-0.15, -0.1) is 11.6 Å². The molecule has 0 N–H and O–H groups in total. The molecule has 0 saturated carbocycles. The highest BCUT2D eigenvalue weighted by Gasteiger charge is 2.41. The molecule has 4 nitrogen and oxygen atoms in total. The first-order valence-electron chi connectivity index (χ1n) is 6.18. The van der Waals surface area contributed by atoms with E-state index in [-0.39, 0.29) is 0 Å². The van der Waals surface area contributed by atoms with Gasteiger partial charge in [0.2, 0.25) is 11.8 Å². The molecule has 2 aliphatic rings. The number of aromatic nitrogens is 2. The molecule has 3 rings (SSSR count). The maximum atomic E-state index is 6.28. The lowest BCUT2D eigenvalue weighted by atomic mass is 10.0. The van der Waals surface area contributed by atoms with Crippen molar-refractivity contribution in [1.82, 2.24) is 9.97 Å². The number of fused-ring (bicyclic) bond motifs is 2. The van der Waals surface area contributed by atoms with Crippen LogP contribution in [0.4, 0.5) is 5.95 Å². The smallest absolute Gasteiger partial charge is 0.232 e. The molecule has 1 aromatic heterocycles. The fraction of sp³-hybridized carbons (Fsp3) is 0.667. The van der Waals surface area contributed by atoms with E-state index in [1.165, 1.54) is 12.8 Å². The average molecular weight is 333 g/mol. The predicted octanol–water partition coefficient (Wildman–Crippen LogP) is 2.99. The lowest BCUT2D eigenvalue weighted by molar-refractivity contribution is 0.390. The van der Waals surface area contributed by atoms with Crippen molar-refractivity contribution in [3.8, 4) is 5.88 Å². The molecule has 2 atom stereocenters. The summed E-state index contributed by atoms with van der Waals surface area (Å²) in [6, 6.07) is 0.967. The normalized spacial score (nSPS) is 30.6. The zero-order valence-corrected chi connectivity index (χ0v) is 12.5. The van der Waals surface area contributed by atoms with Gasteiger partial charge in [-0.1, -0.05) is 0 Å². The van der Waals surface area contributed by atoms with Gasteiger partial charge in [0.15, 0.2) is 0 Å². The molecule has 0 amide bonds. The number of hydrogen-bond donors (Lipinski definition) is 0. The molecular weight excluding hydrogens is 318 g/mol. The SMILES string of the molecule is COc1nc(N2C3CCC2CC(Cl)C3)ncc1Br. The van der Waals surface area contributed by atoms with Crippen molar-refractivity contribution in [3.05, 3.63) is 10.7 Å². The molecule has 2 unspecified atom stereocenters. The zero-order valence-electron chi connectivity index (χ0n) is 10.1. The van der Waals surface area contributed by atoms with E-state index in [0.29, 0.717) is 23.3 Å². The Hall–Kier alpha value is -0.550. The summed E-state index contributed by atoms with van der Waals surface area (Å²) in [4.78, 5) is 11.2. The molecule has 1 aromatic rings. The first-order chi connectivity index (χ1) is 8.69. The molecule has 0 aromatic carbocycles. The summed E-state index contributed by atoms with van der Waals surface area (Å²) in [6.07, 6.45) is 6.19. The van der Waals surface area contributed by atoms with Crippen LogP contribution in [0.15, 0.2) is 10.7 Å². The molecule has 0 spiro atoms. The van der Waals surface area contributed by atoms with Crippen LogP contribution in [0.3, 0.4) is 0 Å². The fourth-order valence-electron chi connectivity index (χ4n) is 3.05. The highest BCUT2D eigenvalue weighted by atomic mass is 79.9. The molecule has 18 heavy (non-hydrogen) atoms. The third-order valence-corrected chi connectivity index (χ3v) is 4.70. The largest absolute Gasteiger partial charge is 0.480 e. The maximum absolute atomic E-state index is 6.28. The van der Waals surface area contributed by atoms with Crippen LogP contribution >= 0.6 is 27.5 Å². The molecule has 2 fully saturated rings. The number of anilines is 1. The van der Waals surface area contributed by atoms with Gasteiger partial charge in [0.1, 0.15) is 0 Å². The van der Waals surface area contributed by atoms with E-state index in [9.17, 15) is 0 Å². The Bertz CT molecular complexity index is 445. The Labute approximate surface area is 120 Å². The molecule has 98 valence electrons. The summed E-state index contributed by atoms with van der Waals surface area (Å²) in [5, 5.41) is 0.302. The van der Waals surface area contributed by atoms with Crippen LogP contribution in [-0.2, 0) is 0 Å². The van der Waals surface area contributed by atoms with Crippen LogP contribution in [0.5, 0.6) is 5.88 Å². The van der Waals surface area contributed by atoms with Crippen LogP contribution in [0.2, 0.25) is 0 Å². The Morgan fingerprint density at radius 3 is 2.67 bits per heavy atom. The fourth-order valence-corrected chi connectivity index (χ4v) is 3.81. The predicted molar refractivity (Wildman–Crippen MR) is 74.4 cm³/mol. The van der Waals surface area contributed by atoms with Crippen molar-refractivity contribution < 1.29 is 4.74 Å². The lowest BCUT2D eigenvalue weighted by Crippen LogP contribution is -2.44. The van der Waals surface area contributed by atoms with Gasteiger partial charge in [0, 0.05) is 17.5 Å². The number of rotatable bonds is 2. The molecule has 0 radical (unpaired) electrons. The quantitative estimate of drug-likeness (QED) is 0.780. The Kier molecular flexibility index (Phi) is 3.36. The van der Waals surface area contributed by atoms with Crippen molar-refractivity contribution >= 4 is 33.5 Å². The van der Waals surface area contributed by atoms with E-state index < -0.39 is 0 Å². The first-order valence-corrected chi connectivity index (χ1v) is 7.41. The number of methoxy groups -OCH3 is 1. The number of ether oxygens (including phenoxy) is 1. The molecule has 2 bridgehead atoms. The molecular formula is C12H15BrClN3O. The van der Waals surface area contributed by atoms with E-state index in [0.717, 1.165) is 23.3 Å². The van der Waals surface area contributed by atoms with Crippen LogP contribution in [0.25, 0.3) is 0 Å². The van der Waals surface area contributed by atoms with Gasteiger partial charge >= 0.3 is 0 Å². The highest BCUT2D eigenvalue weighted by Crippen LogP contribution is 2.40. The minimum atomic E-state index is 0.302. The Morgan fingerprint density at radius 1 is 1.39 bits per heavy atom. The summed E-state index contributed by atoms with van der Waals surface area (Å²) < 4.78 is 6.02. The second-order valence-electron chi connectivity index (χ2n) is 4.89. The van der Waals surface area contributed by atoms with Gasteiger partial charge in [0.25, 0.3) is 0 Å². The molecule has 6 heteroatoms. The first kappa shape index (κ1) is 12.5. The van der Waals surface area contributed by atoms with Crippen molar-refractivity contribution in [2.45, 2.75) is 43.1 Å². The van der Waals surface area contributed by atoms with Gasteiger partial charge in [-0.2, -0.15) is 4.98 Å². The van der Waals surface area contributed by atoms with Gasteiger partial charge in [-0.05, 0) is 41.6 Å². The number of alkyl halides is 1. The van der Waals surface area contributed by atoms with Crippen molar-refractivity contribution in [1.29, 1.82) is 0 Å². The third kappa shape index (κ3) is 2.07. The topological polar surface area (TPSA) is 38.2 Å². The van der Waals surface area contributed by atoms with Crippen LogP contribution in [0.1, 0.15) is 25.7 Å². The van der Waals surface area contributed by atoms with E-state index in [1.807, 2.05) is 0 Å². The third-order valence-electron chi connectivity index (χ3n) is 3.80. The Balaban J connectivity index is 1.91. The summed E-state index contributed by atoms with van der Waals surface area (Å²) in [6.45, 7) is 0. The summed E-state index contributed by atoms with van der Waals surface area (Å²) >= 11 is 9.66. The summed E-state index contributed by atoms with van der Waals surface area (Å²) in [5.41, 5.74) is 0. The summed E-state index contributed by atoms with van der Waals surface area (Å²) in [7, 11) is 1.62. The van der Waals surface area contributed by atoms with E-state index >= 15 is 0 Å². The van der Waals surface area contributed by atoms with Crippen molar-refractivity contribution in [3.63, 3.8) is 0 Å². The Morgan fingerprint density at radius 2 is 2.06 bits per heavy atom. The summed E-state index contributed by atoms with van der Waals surface area (Å²) in [5.74, 6) is 1.36. The van der Waals surface area contributed by atoms with Crippen molar-refractivity contribution in [2.24, 2.45) is 0 Å². The molecule has 3 heterocycles. The van der Waals surface area contributed by atoms with Gasteiger partial charge in [-0.3, -0.25) is 0 Å². The number of halogens is 2. The van der Waals surface area contributed by atoms with Crippen molar-refractivity contribution in [2.75, 3.05) is 12.0 Å². The average Bonchev–Trinajstić information content (AvgIpc) is 2.63. The van der Waals surface area contributed by atoms with Crippen LogP contribution in [0, 0.1) is 0 Å². The van der Waals surface area contributed by atoms with Gasteiger partial charge < -0.3 is 9.64 Å². The number of hydrogen-bond acceptors (Lipinski definition) is 4. The lowest BCUT2D eigenvalue weighted by Gasteiger charge is -2.37. The maximum Gasteiger partial charge on any atom is 0.232 e. The number of nitrogens with zero attached hydrogens (tertiary/aromatic N) is 3. The van der Waals surface area contributed by atoms with Gasteiger partial charge in [0.05, 0.1) is 17.8 Å². The zero-order chi connectivity index (χ0) is 12.7. The van der Waals surface area contributed by atoms with E-state index in [2.05, 4.69) is 30.8 Å². The standard InChI is InChI=1S/C12H15BrClN3O/c1-18-11-10(13)6-15-12(16-11)17-8-2-3-9(17)5-7(14)4-8/h6-9H,2-5H2,1H3. The van der Waals surface area contributed by atoms with E-state index in [4.69, 9.17) is 16.3 Å². The molecule has 2 saturated heterocycles. The highest BCUT2D eigenvalue weighted by molar-refractivity contribution is 9.10. The van der Waals surface area contributed by atoms with Gasteiger partial charge in [-0.25, -0.2) is 4.98 Å². The monoisotopic (exact) mass is 331 g/mol. The second kappa shape index (κ2) is 4.85. The molecule has 2 aliphatic heterocycles. The second-order valence-corrected chi connectivity index (χ2v) is 6.36. The van der Waals surface area contributed by atoms with Crippen LogP contribution in [-0.4, -0.2) is 34.5 Å². The molecule has 0 aliphatic carbocycles.